The Hall–Kier alpha value is -4.64. The number of nitrogens with zero attached hydrogens (tertiary/aromatic N) is 4. The third kappa shape index (κ3) is 7.11. The number of hydrogen-bond donors (Lipinski definition) is 1. The normalized spacial score (nSPS) is 14.0. The number of esters is 1. The maximum absolute atomic E-state index is 14.2. The van der Waals surface area contributed by atoms with Crippen LogP contribution in [0, 0.1) is 5.82 Å². The minimum atomic E-state index is -0.656. The fourth-order valence-corrected chi connectivity index (χ4v) is 5.70. The molecular weight excluding hydrogens is 581 g/mol. The zero-order valence-corrected chi connectivity index (χ0v) is 25.6. The van der Waals surface area contributed by atoms with Gasteiger partial charge >= 0.3 is 5.97 Å². The van der Waals surface area contributed by atoms with E-state index in [4.69, 9.17) is 14.6 Å². The highest BCUT2D eigenvalue weighted by molar-refractivity contribution is 7.98. The molecular formula is C33H34FN5O4S. The van der Waals surface area contributed by atoms with Crippen molar-refractivity contribution in [2.24, 2.45) is 0 Å². The Balaban J connectivity index is 1.41. The van der Waals surface area contributed by atoms with Gasteiger partial charge in [-0.3, -0.25) is 4.79 Å². The van der Waals surface area contributed by atoms with E-state index in [0.717, 1.165) is 11.1 Å². The standard InChI is InChI=1S/C33H34FN5O4S/c1-4-38(5-2)28(40)20-42-26-17-15-24(16-18-26)30-29(31(41)43-19-23-11-7-6-8-12-23)22(3)35-32-36-33(37-39(30)32)44-21-25-13-9-10-14-27(25)34/h6-18,30H,4-5,19-21H2,1-3H3,(H,35,36,37). The molecule has 4 aromatic rings. The van der Waals surface area contributed by atoms with Crippen LogP contribution in [0.5, 0.6) is 5.75 Å². The summed E-state index contributed by atoms with van der Waals surface area (Å²) in [5, 5.41) is 8.35. The second-order valence-electron chi connectivity index (χ2n) is 10.1. The van der Waals surface area contributed by atoms with Gasteiger partial charge in [-0.05, 0) is 55.7 Å². The van der Waals surface area contributed by atoms with Crippen LogP contribution in [0.3, 0.4) is 0 Å². The first-order valence-corrected chi connectivity index (χ1v) is 15.4. The van der Waals surface area contributed by atoms with Crippen LogP contribution in [0.25, 0.3) is 0 Å². The van der Waals surface area contributed by atoms with Gasteiger partial charge in [0.25, 0.3) is 5.91 Å². The highest BCUT2D eigenvalue weighted by Gasteiger charge is 2.35. The minimum Gasteiger partial charge on any atom is -0.484 e. The van der Waals surface area contributed by atoms with Crippen LogP contribution < -0.4 is 10.1 Å². The van der Waals surface area contributed by atoms with Crippen LogP contribution in [0.15, 0.2) is 95.3 Å². The van der Waals surface area contributed by atoms with Gasteiger partial charge < -0.3 is 19.7 Å². The monoisotopic (exact) mass is 615 g/mol. The summed E-state index contributed by atoms with van der Waals surface area (Å²) in [6.07, 6.45) is 0. The van der Waals surface area contributed by atoms with Crippen molar-refractivity contribution in [1.29, 1.82) is 0 Å². The molecule has 11 heteroatoms. The van der Waals surface area contributed by atoms with E-state index in [1.165, 1.54) is 17.8 Å². The van der Waals surface area contributed by atoms with Crippen molar-refractivity contribution in [2.45, 2.75) is 44.3 Å². The number of benzene rings is 3. The summed E-state index contributed by atoms with van der Waals surface area (Å²) in [4.78, 5) is 32.4. The molecule has 1 aromatic heterocycles. The van der Waals surface area contributed by atoms with Gasteiger partial charge in [0.1, 0.15) is 24.2 Å². The summed E-state index contributed by atoms with van der Waals surface area (Å²) in [5.41, 5.74) is 3.13. The Kier molecular flexibility index (Phi) is 9.96. The number of rotatable bonds is 12. The minimum absolute atomic E-state index is 0.0692. The summed E-state index contributed by atoms with van der Waals surface area (Å²) >= 11 is 1.30. The van der Waals surface area contributed by atoms with E-state index >= 15 is 0 Å². The maximum atomic E-state index is 14.2. The van der Waals surface area contributed by atoms with E-state index in [1.807, 2.05) is 56.3 Å². The third-order valence-corrected chi connectivity index (χ3v) is 8.14. The van der Waals surface area contributed by atoms with Crippen molar-refractivity contribution in [3.8, 4) is 5.75 Å². The molecule has 0 saturated heterocycles. The molecule has 5 rings (SSSR count). The summed E-state index contributed by atoms with van der Waals surface area (Å²) in [5.74, 6) is 0.451. The molecule has 1 aliphatic rings. The zero-order valence-electron chi connectivity index (χ0n) is 24.8. The molecule has 0 saturated carbocycles. The van der Waals surface area contributed by atoms with Gasteiger partial charge in [-0.1, -0.05) is 72.4 Å². The van der Waals surface area contributed by atoms with Crippen molar-refractivity contribution in [2.75, 3.05) is 25.0 Å². The molecule has 0 spiro atoms. The number of hydrogen-bond acceptors (Lipinski definition) is 8. The van der Waals surface area contributed by atoms with Gasteiger partial charge in [0.05, 0.1) is 5.57 Å². The highest BCUT2D eigenvalue weighted by atomic mass is 32.2. The van der Waals surface area contributed by atoms with Crippen LogP contribution in [-0.4, -0.2) is 51.2 Å². The first-order valence-electron chi connectivity index (χ1n) is 14.4. The lowest BCUT2D eigenvalue weighted by molar-refractivity contribution is -0.141. The molecule has 0 bridgehead atoms. The van der Waals surface area contributed by atoms with Crippen LogP contribution in [-0.2, 0) is 26.7 Å². The molecule has 0 fully saturated rings. The molecule has 0 radical (unpaired) electrons. The molecule has 228 valence electrons. The largest absolute Gasteiger partial charge is 0.484 e. The average molecular weight is 616 g/mol. The van der Waals surface area contributed by atoms with Gasteiger partial charge in [0, 0.05) is 24.5 Å². The van der Waals surface area contributed by atoms with E-state index in [2.05, 4.69) is 10.3 Å². The number of halogens is 1. The van der Waals surface area contributed by atoms with E-state index in [9.17, 15) is 14.0 Å². The van der Waals surface area contributed by atoms with E-state index in [1.54, 1.807) is 46.8 Å². The number of carbonyl (C=O) groups excluding carboxylic acids is 2. The van der Waals surface area contributed by atoms with Crippen molar-refractivity contribution in [3.63, 3.8) is 0 Å². The molecule has 1 atom stereocenters. The number of ether oxygens (including phenoxy) is 2. The lowest BCUT2D eigenvalue weighted by Gasteiger charge is -2.28. The van der Waals surface area contributed by atoms with Gasteiger partial charge in [-0.2, -0.15) is 4.98 Å². The number of aromatic nitrogens is 3. The van der Waals surface area contributed by atoms with E-state index < -0.39 is 12.0 Å². The predicted molar refractivity (Wildman–Crippen MR) is 167 cm³/mol. The molecule has 2 heterocycles. The molecule has 1 amide bonds. The van der Waals surface area contributed by atoms with Crippen LogP contribution in [0.2, 0.25) is 0 Å². The molecule has 1 N–H and O–H groups in total. The number of fused-ring (bicyclic) bond motifs is 1. The topological polar surface area (TPSA) is 98.6 Å². The maximum Gasteiger partial charge on any atom is 0.338 e. The Morgan fingerprint density at radius 1 is 1.00 bits per heavy atom. The second kappa shape index (κ2) is 14.2. The van der Waals surface area contributed by atoms with Crippen molar-refractivity contribution >= 4 is 29.6 Å². The second-order valence-corrected chi connectivity index (χ2v) is 11.0. The Labute approximate surface area is 260 Å². The molecule has 1 unspecified atom stereocenters. The summed E-state index contributed by atoms with van der Waals surface area (Å²) in [6, 6.07) is 22.6. The number of amides is 1. The van der Waals surface area contributed by atoms with Crippen LogP contribution >= 0.6 is 11.8 Å². The van der Waals surface area contributed by atoms with Crippen molar-refractivity contribution in [3.05, 3.63) is 113 Å². The smallest absolute Gasteiger partial charge is 0.338 e. The number of nitrogens with one attached hydrogen (secondary N) is 1. The quantitative estimate of drug-likeness (QED) is 0.153. The molecule has 9 nitrogen and oxygen atoms in total. The predicted octanol–water partition coefficient (Wildman–Crippen LogP) is 5.99. The number of allylic oxidation sites excluding steroid dienone is 1. The van der Waals surface area contributed by atoms with Crippen molar-refractivity contribution in [1.82, 2.24) is 19.7 Å². The number of likely N-dealkylation sites (N-methyl/N-ethyl adjacent to an activating group) is 1. The van der Waals surface area contributed by atoms with Crippen molar-refractivity contribution < 1.29 is 23.5 Å². The number of anilines is 1. The summed E-state index contributed by atoms with van der Waals surface area (Å²) in [6.45, 7) is 6.92. The molecule has 1 aliphatic heterocycles. The number of thioether (sulfide) groups is 1. The Morgan fingerprint density at radius 3 is 2.41 bits per heavy atom. The summed E-state index contributed by atoms with van der Waals surface area (Å²) in [7, 11) is 0. The SMILES string of the molecule is CCN(CC)C(=O)COc1ccc(C2C(C(=O)OCc3ccccc3)=C(C)Nc3nc(SCc4ccccc4F)nn32)cc1. The fraction of sp³-hybridized carbons (Fsp3) is 0.273. The highest BCUT2D eigenvalue weighted by Crippen LogP contribution is 2.37. The van der Waals surface area contributed by atoms with Gasteiger partial charge in [-0.15, -0.1) is 5.10 Å². The van der Waals surface area contributed by atoms with Gasteiger partial charge in [0.2, 0.25) is 11.1 Å². The zero-order chi connectivity index (χ0) is 31.1. The first-order chi connectivity index (χ1) is 21.4. The molecule has 44 heavy (non-hydrogen) atoms. The average Bonchev–Trinajstić information content (AvgIpc) is 3.45. The van der Waals surface area contributed by atoms with Gasteiger partial charge in [0.15, 0.2) is 6.61 Å². The van der Waals surface area contributed by atoms with E-state index in [-0.39, 0.29) is 24.9 Å². The lowest BCUT2D eigenvalue weighted by atomic mass is 9.95. The van der Waals surface area contributed by atoms with Gasteiger partial charge in [-0.25, -0.2) is 13.9 Å². The number of carbonyl (C=O) groups is 2. The Morgan fingerprint density at radius 2 is 1.70 bits per heavy atom. The Bertz CT molecular complexity index is 1640. The third-order valence-electron chi connectivity index (χ3n) is 7.25. The van der Waals surface area contributed by atoms with Crippen LogP contribution in [0.1, 0.15) is 43.5 Å². The first kappa shape index (κ1) is 30.8. The van der Waals surface area contributed by atoms with Crippen LogP contribution in [0.4, 0.5) is 10.3 Å². The lowest BCUT2D eigenvalue weighted by Crippen LogP contribution is -2.34. The molecule has 0 aliphatic carbocycles. The molecule has 3 aromatic carbocycles. The fourth-order valence-electron chi connectivity index (χ4n) is 4.88. The van der Waals surface area contributed by atoms with E-state index in [0.29, 0.717) is 52.5 Å². The summed E-state index contributed by atoms with van der Waals surface area (Å²) < 4.78 is 27.4.